The molecule has 0 aromatic carbocycles. The van der Waals surface area contributed by atoms with Crippen molar-refractivity contribution in [2.45, 2.75) is 58.3 Å². The molecule has 0 heterocycles. The number of hydrogen-bond donors (Lipinski definition) is 0. The van der Waals surface area contributed by atoms with Gasteiger partial charge in [0.2, 0.25) is 5.92 Å². The standard InChI is InChI=1S/C13H22F2/c1-3-10-4-5-11(10)6-9(2)12-7-13(14,15)8-12/h9-12H,3-8H2,1-2H3. The van der Waals surface area contributed by atoms with E-state index in [0.717, 1.165) is 11.8 Å². The first-order chi connectivity index (χ1) is 7.02. The Morgan fingerprint density at radius 3 is 2.20 bits per heavy atom. The molecule has 0 amide bonds. The molecular formula is C13H22F2. The van der Waals surface area contributed by atoms with Gasteiger partial charge in [0.25, 0.3) is 0 Å². The molecule has 3 unspecified atom stereocenters. The summed E-state index contributed by atoms with van der Waals surface area (Å²) in [6, 6.07) is 0. The summed E-state index contributed by atoms with van der Waals surface area (Å²) in [5.41, 5.74) is 0. The van der Waals surface area contributed by atoms with E-state index in [1.54, 1.807) is 0 Å². The minimum atomic E-state index is -2.33. The molecular weight excluding hydrogens is 194 g/mol. The van der Waals surface area contributed by atoms with Gasteiger partial charge in [-0.1, -0.05) is 20.3 Å². The second-order valence-corrected chi connectivity index (χ2v) is 5.74. The Bertz CT molecular complexity index is 215. The normalized spacial score (nSPS) is 36.8. The summed E-state index contributed by atoms with van der Waals surface area (Å²) in [4.78, 5) is 0. The molecule has 0 aromatic rings. The van der Waals surface area contributed by atoms with E-state index in [1.807, 2.05) is 0 Å². The fraction of sp³-hybridized carbons (Fsp3) is 1.00. The third-order valence-corrected chi connectivity index (χ3v) is 4.70. The van der Waals surface area contributed by atoms with E-state index in [2.05, 4.69) is 13.8 Å². The van der Waals surface area contributed by atoms with Crippen LogP contribution in [0.3, 0.4) is 0 Å². The molecule has 0 saturated heterocycles. The molecule has 2 heteroatoms. The van der Waals surface area contributed by atoms with Crippen LogP contribution in [0.15, 0.2) is 0 Å². The zero-order valence-corrected chi connectivity index (χ0v) is 9.81. The van der Waals surface area contributed by atoms with Gasteiger partial charge < -0.3 is 0 Å². The Morgan fingerprint density at radius 2 is 1.80 bits per heavy atom. The predicted octanol–water partition coefficient (Wildman–Crippen LogP) is 4.49. The predicted molar refractivity (Wildman–Crippen MR) is 58.0 cm³/mol. The summed E-state index contributed by atoms with van der Waals surface area (Å²) >= 11 is 0. The van der Waals surface area contributed by atoms with Crippen LogP contribution in [0.2, 0.25) is 0 Å². The van der Waals surface area contributed by atoms with Gasteiger partial charge in [0.1, 0.15) is 0 Å². The molecule has 0 radical (unpaired) electrons. The third kappa shape index (κ3) is 2.34. The minimum absolute atomic E-state index is 0.150. The van der Waals surface area contributed by atoms with Crippen molar-refractivity contribution in [1.29, 1.82) is 0 Å². The van der Waals surface area contributed by atoms with Gasteiger partial charge in [-0.3, -0.25) is 0 Å². The highest BCUT2D eigenvalue weighted by molar-refractivity contribution is 4.91. The van der Waals surface area contributed by atoms with E-state index in [1.165, 1.54) is 25.7 Å². The highest BCUT2D eigenvalue weighted by atomic mass is 19.3. The second kappa shape index (κ2) is 4.03. The molecule has 0 aliphatic heterocycles. The van der Waals surface area contributed by atoms with Gasteiger partial charge in [0.15, 0.2) is 0 Å². The molecule has 88 valence electrons. The Labute approximate surface area is 91.4 Å². The summed E-state index contributed by atoms with van der Waals surface area (Å²) in [5, 5.41) is 0. The Hall–Kier alpha value is -0.140. The molecule has 0 spiro atoms. The van der Waals surface area contributed by atoms with Crippen LogP contribution in [0.1, 0.15) is 52.4 Å². The van der Waals surface area contributed by atoms with Crippen LogP contribution in [-0.2, 0) is 0 Å². The summed E-state index contributed by atoms with van der Waals surface area (Å²) in [5.74, 6) is 0.234. The molecule has 0 aromatic heterocycles. The molecule has 0 nitrogen and oxygen atoms in total. The van der Waals surface area contributed by atoms with Crippen molar-refractivity contribution >= 4 is 0 Å². The van der Waals surface area contributed by atoms with Crippen LogP contribution in [0, 0.1) is 23.7 Å². The average Bonchev–Trinajstić information content (AvgIpc) is 2.09. The largest absolute Gasteiger partial charge is 0.248 e. The first-order valence-electron chi connectivity index (χ1n) is 6.39. The zero-order valence-electron chi connectivity index (χ0n) is 9.81. The van der Waals surface area contributed by atoms with Gasteiger partial charge in [0.05, 0.1) is 0 Å². The molecule has 3 atom stereocenters. The van der Waals surface area contributed by atoms with Crippen LogP contribution >= 0.6 is 0 Å². The van der Waals surface area contributed by atoms with Crippen molar-refractivity contribution in [2.75, 3.05) is 0 Å². The number of alkyl halides is 2. The minimum Gasteiger partial charge on any atom is -0.207 e. The van der Waals surface area contributed by atoms with E-state index in [0.29, 0.717) is 11.8 Å². The van der Waals surface area contributed by atoms with Crippen molar-refractivity contribution in [3.8, 4) is 0 Å². The first-order valence-corrected chi connectivity index (χ1v) is 6.39. The SMILES string of the molecule is CCC1CCC1CC(C)C1CC(F)(F)C1. The van der Waals surface area contributed by atoms with Gasteiger partial charge in [-0.05, 0) is 42.9 Å². The lowest BCUT2D eigenvalue weighted by atomic mass is 9.64. The average molecular weight is 216 g/mol. The van der Waals surface area contributed by atoms with Crippen molar-refractivity contribution in [3.63, 3.8) is 0 Å². The molecule has 15 heavy (non-hydrogen) atoms. The first kappa shape index (κ1) is 11.3. The maximum absolute atomic E-state index is 12.7. The quantitative estimate of drug-likeness (QED) is 0.649. The molecule has 2 saturated carbocycles. The van der Waals surface area contributed by atoms with E-state index >= 15 is 0 Å². The van der Waals surface area contributed by atoms with Crippen molar-refractivity contribution in [1.82, 2.24) is 0 Å². The summed E-state index contributed by atoms with van der Waals surface area (Å²) in [7, 11) is 0. The lowest BCUT2D eigenvalue weighted by Crippen LogP contribution is -2.40. The summed E-state index contributed by atoms with van der Waals surface area (Å²) in [6.07, 6.45) is 5.48. The van der Waals surface area contributed by atoms with Crippen LogP contribution in [-0.4, -0.2) is 5.92 Å². The van der Waals surface area contributed by atoms with Crippen molar-refractivity contribution < 1.29 is 8.78 Å². The molecule has 2 aliphatic carbocycles. The fourth-order valence-corrected chi connectivity index (χ4v) is 3.27. The monoisotopic (exact) mass is 216 g/mol. The van der Waals surface area contributed by atoms with Crippen molar-refractivity contribution in [3.05, 3.63) is 0 Å². The lowest BCUT2D eigenvalue weighted by molar-refractivity contribution is -0.127. The van der Waals surface area contributed by atoms with E-state index in [9.17, 15) is 8.78 Å². The Kier molecular flexibility index (Phi) is 3.05. The summed E-state index contributed by atoms with van der Waals surface area (Å²) in [6.45, 7) is 4.42. The Balaban J connectivity index is 1.72. The number of hydrogen-bond acceptors (Lipinski definition) is 0. The molecule has 2 rings (SSSR count). The number of halogens is 2. The topological polar surface area (TPSA) is 0 Å². The van der Waals surface area contributed by atoms with Gasteiger partial charge in [-0.25, -0.2) is 8.78 Å². The molecule has 2 fully saturated rings. The number of rotatable bonds is 4. The third-order valence-electron chi connectivity index (χ3n) is 4.70. The fourth-order valence-electron chi connectivity index (χ4n) is 3.27. The molecule has 0 bridgehead atoms. The lowest BCUT2D eigenvalue weighted by Gasteiger charge is -2.43. The van der Waals surface area contributed by atoms with Crippen LogP contribution < -0.4 is 0 Å². The van der Waals surface area contributed by atoms with Crippen LogP contribution in [0.25, 0.3) is 0 Å². The van der Waals surface area contributed by atoms with Crippen LogP contribution in [0.5, 0.6) is 0 Å². The van der Waals surface area contributed by atoms with E-state index in [-0.39, 0.29) is 12.8 Å². The van der Waals surface area contributed by atoms with Crippen LogP contribution in [0.4, 0.5) is 8.78 Å². The molecule has 0 N–H and O–H groups in total. The highest BCUT2D eigenvalue weighted by Crippen LogP contribution is 2.49. The van der Waals surface area contributed by atoms with Gasteiger partial charge >= 0.3 is 0 Å². The van der Waals surface area contributed by atoms with E-state index in [4.69, 9.17) is 0 Å². The van der Waals surface area contributed by atoms with Gasteiger partial charge in [-0.2, -0.15) is 0 Å². The Morgan fingerprint density at radius 1 is 1.20 bits per heavy atom. The second-order valence-electron chi connectivity index (χ2n) is 5.74. The van der Waals surface area contributed by atoms with Gasteiger partial charge in [-0.15, -0.1) is 0 Å². The van der Waals surface area contributed by atoms with Crippen molar-refractivity contribution in [2.24, 2.45) is 23.7 Å². The smallest absolute Gasteiger partial charge is 0.207 e. The van der Waals surface area contributed by atoms with Gasteiger partial charge in [0, 0.05) is 12.8 Å². The molecule has 2 aliphatic rings. The summed E-state index contributed by atoms with van der Waals surface area (Å²) < 4.78 is 25.4. The van der Waals surface area contributed by atoms with E-state index < -0.39 is 5.92 Å². The maximum atomic E-state index is 12.7. The zero-order chi connectivity index (χ0) is 11.1. The highest BCUT2D eigenvalue weighted by Gasteiger charge is 2.47. The maximum Gasteiger partial charge on any atom is 0.248 e.